The molecular formula is C30H34ClN5O3S. The van der Waals surface area contributed by atoms with E-state index in [4.69, 9.17) is 26.3 Å². The van der Waals surface area contributed by atoms with Gasteiger partial charge in [0.05, 0.1) is 15.8 Å². The van der Waals surface area contributed by atoms with Crippen LogP contribution in [0.5, 0.6) is 0 Å². The predicted molar refractivity (Wildman–Crippen MR) is 161 cm³/mol. The fraction of sp³-hybridized carbons (Fsp3) is 0.400. The van der Waals surface area contributed by atoms with Crippen LogP contribution < -0.4 is 4.90 Å². The molecule has 10 heteroatoms. The van der Waals surface area contributed by atoms with Crippen molar-refractivity contribution >= 4 is 45.1 Å². The molecule has 1 N–H and O–H groups in total. The molecule has 5 rings (SSSR count). The molecule has 0 aliphatic carbocycles. The number of carbonyl (C=O) groups is 1. The molecule has 1 fully saturated rings. The number of ether oxygens (including phenoxy) is 1. The van der Waals surface area contributed by atoms with Crippen molar-refractivity contribution in [3.8, 4) is 21.8 Å². The molecule has 1 aliphatic heterocycles. The Morgan fingerprint density at radius 3 is 2.45 bits per heavy atom. The minimum absolute atomic E-state index is 0.605. The van der Waals surface area contributed by atoms with Crippen LogP contribution in [0.4, 0.5) is 5.95 Å². The molecule has 1 atom stereocenters. The average Bonchev–Trinajstić information content (AvgIpc) is 3.35. The molecule has 0 bridgehead atoms. The first-order valence-corrected chi connectivity index (χ1v) is 14.6. The molecular weight excluding hydrogens is 546 g/mol. The molecule has 3 heterocycles. The number of rotatable bonds is 7. The van der Waals surface area contributed by atoms with E-state index in [9.17, 15) is 9.90 Å². The monoisotopic (exact) mass is 579 g/mol. The SMILES string of the molecule is CCN1CCN(c2nccc(-c3nc4cc(C)c(C(OC(C)(C)C)C(=O)O)c(-c5ccc(Cl)cc5)c4s3)n2)CC1. The summed E-state index contributed by atoms with van der Waals surface area (Å²) in [6.45, 7) is 14.4. The largest absolute Gasteiger partial charge is 0.479 e. The van der Waals surface area contributed by atoms with Gasteiger partial charge in [-0.3, -0.25) is 0 Å². The van der Waals surface area contributed by atoms with Gasteiger partial charge in [-0.15, -0.1) is 11.3 Å². The third-order valence-electron chi connectivity index (χ3n) is 6.98. The standard InChI is InChI=1S/C30H34ClN5O3S/c1-6-35-13-15-36(16-14-35)29-32-12-11-21(34-29)27-33-22-17-18(2)23(25(28(37)38)39-30(3,4)5)24(26(22)40-27)19-7-9-20(31)10-8-19/h7-12,17,25H,6,13-16H2,1-5H3,(H,37,38). The maximum Gasteiger partial charge on any atom is 0.337 e. The van der Waals surface area contributed by atoms with Crippen molar-refractivity contribution in [3.05, 3.63) is 58.7 Å². The number of aromatic nitrogens is 3. The van der Waals surface area contributed by atoms with E-state index in [0.29, 0.717) is 16.5 Å². The first kappa shape index (κ1) is 28.4. The van der Waals surface area contributed by atoms with E-state index in [-0.39, 0.29) is 0 Å². The Morgan fingerprint density at radius 1 is 1.12 bits per heavy atom. The number of carboxylic acids is 1. The number of aliphatic carboxylic acids is 1. The maximum absolute atomic E-state index is 12.6. The molecule has 1 unspecified atom stereocenters. The van der Waals surface area contributed by atoms with Crippen LogP contribution >= 0.6 is 22.9 Å². The van der Waals surface area contributed by atoms with E-state index in [1.165, 1.54) is 11.3 Å². The summed E-state index contributed by atoms with van der Waals surface area (Å²) < 4.78 is 6.99. The fourth-order valence-corrected chi connectivity index (χ4v) is 6.25. The van der Waals surface area contributed by atoms with Crippen LogP contribution in [0.1, 0.15) is 44.9 Å². The Morgan fingerprint density at radius 2 is 1.82 bits per heavy atom. The Bertz CT molecular complexity index is 1530. The summed E-state index contributed by atoms with van der Waals surface area (Å²) in [5.41, 5.74) is 3.91. The third-order valence-corrected chi connectivity index (χ3v) is 8.35. The van der Waals surface area contributed by atoms with Crippen molar-refractivity contribution in [3.63, 3.8) is 0 Å². The van der Waals surface area contributed by atoms with Crippen molar-refractivity contribution in [2.45, 2.75) is 46.3 Å². The lowest BCUT2D eigenvalue weighted by Crippen LogP contribution is -2.46. The number of benzene rings is 2. The second-order valence-corrected chi connectivity index (χ2v) is 12.4. The van der Waals surface area contributed by atoms with E-state index in [0.717, 1.165) is 70.3 Å². The summed E-state index contributed by atoms with van der Waals surface area (Å²) >= 11 is 7.71. The van der Waals surface area contributed by atoms with Crippen LogP contribution in [0.15, 0.2) is 42.6 Å². The lowest BCUT2D eigenvalue weighted by Gasteiger charge is -2.34. The highest BCUT2D eigenvalue weighted by atomic mass is 35.5. The zero-order valence-corrected chi connectivity index (χ0v) is 25.0. The summed E-state index contributed by atoms with van der Waals surface area (Å²) in [4.78, 5) is 31.6. The van der Waals surface area contributed by atoms with Gasteiger partial charge in [0, 0.05) is 48.5 Å². The number of aryl methyl sites for hydroxylation is 1. The minimum Gasteiger partial charge on any atom is -0.479 e. The highest BCUT2D eigenvalue weighted by Gasteiger charge is 2.32. The van der Waals surface area contributed by atoms with Crippen molar-refractivity contribution in [1.29, 1.82) is 0 Å². The molecule has 2 aromatic carbocycles. The van der Waals surface area contributed by atoms with Crippen LogP contribution in [0.25, 0.3) is 32.0 Å². The van der Waals surface area contributed by atoms with Gasteiger partial charge in [-0.1, -0.05) is 30.7 Å². The minimum atomic E-state index is -1.16. The second kappa shape index (κ2) is 11.4. The molecule has 0 radical (unpaired) electrons. The van der Waals surface area contributed by atoms with Gasteiger partial charge in [0.1, 0.15) is 10.7 Å². The first-order chi connectivity index (χ1) is 19.0. The zero-order chi connectivity index (χ0) is 28.6. The third kappa shape index (κ3) is 5.98. The number of piperazine rings is 1. The summed E-state index contributed by atoms with van der Waals surface area (Å²) in [7, 11) is 0. The van der Waals surface area contributed by atoms with Gasteiger partial charge >= 0.3 is 5.97 Å². The second-order valence-electron chi connectivity index (χ2n) is 11.0. The Balaban J connectivity index is 1.64. The number of fused-ring (bicyclic) bond motifs is 1. The van der Waals surface area contributed by atoms with Crippen LogP contribution in [0.2, 0.25) is 5.02 Å². The van der Waals surface area contributed by atoms with E-state index in [1.54, 1.807) is 6.20 Å². The Kier molecular flexibility index (Phi) is 8.10. The van der Waals surface area contributed by atoms with Gasteiger partial charge in [-0.05, 0) is 69.6 Å². The molecule has 4 aromatic rings. The molecule has 1 saturated heterocycles. The summed E-state index contributed by atoms with van der Waals surface area (Å²) in [5, 5.41) is 11.6. The summed E-state index contributed by atoms with van der Waals surface area (Å²) in [6.07, 6.45) is 0.623. The number of carboxylic acid groups (broad SMARTS) is 1. The van der Waals surface area contributed by atoms with Gasteiger partial charge in [0.25, 0.3) is 0 Å². The molecule has 1 aliphatic rings. The number of nitrogens with zero attached hydrogens (tertiary/aromatic N) is 5. The van der Waals surface area contributed by atoms with E-state index in [1.807, 2.05) is 64.1 Å². The number of thiazole rings is 1. The lowest BCUT2D eigenvalue weighted by atomic mass is 9.91. The fourth-order valence-electron chi connectivity index (χ4n) is 5.03. The molecule has 0 spiro atoms. The number of hydrogen-bond acceptors (Lipinski definition) is 8. The van der Waals surface area contributed by atoms with Crippen molar-refractivity contribution in [1.82, 2.24) is 19.9 Å². The average molecular weight is 580 g/mol. The van der Waals surface area contributed by atoms with E-state index in [2.05, 4.69) is 21.7 Å². The van der Waals surface area contributed by atoms with Gasteiger partial charge in [0.15, 0.2) is 6.10 Å². The molecule has 8 nitrogen and oxygen atoms in total. The highest BCUT2D eigenvalue weighted by molar-refractivity contribution is 7.22. The van der Waals surface area contributed by atoms with Crippen LogP contribution in [0.3, 0.4) is 0 Å². The number of likely N-dealkylation sites (N-methyl/N-ethyl adjacent to an activating group) is 1. The van der Waals surface area contributed by atoms with Gasteiger partial charge < -0.3 is 19.6 Å². The molecule has 210 valence electrons. The normalized spacial score (nSPS) is 15.5. The van der Waals surface area contributed by atoms with Crippen LogP contribution in [-0.4, -0.2) is 69.3 Å². The number of hydrogen-bond donors (Lipinski definition) is 1. The Hall–Kier alpha value is -3.11. The molecule has 40 heavy (non-hydrogen) atoms. The predicted octanol–water partition coefficient (Wildman–Crippen LogP) is 6.46. The van der Waals surface area contributed by atoms with Crippen LogP contribution in [0, 0.1) is 6.92 Å². The quantitative estimate of drug-likeness (QED) is 0.266. The van der Waals surface area contributed by atoms with Gasteiger partial charge in [-0.2, -0.15) is 0 Å². The van der Waals surface area contributed by atoms with E-state index < -0.39 is 17.7 Å². The topological polar surface area (TPSA) is 91.7 Å². The zero-order valence-electron chi connectivity index (χ0n) is 23.4. The summed E-state index contributed by atoms with van der Waals surface area (Å²) in [5.74, 6) is -0.340. The first-order valence-electron chi connectivity index (χ1n) is 13.5. The summed E-state index contributed by atoms with van der Waals surface area (Å²) in [6, 6.07) is 11.3. The number of halogens is 1. The van der Waals surface area contributed by atoms with Crippen molar-refractivity contribution in [2.24, 2.45) is 0 Å². The maximum atomic E-state index is 12.6. The van der Waals surface area contributed by atoms with Gasteiger partial charge in [0.2, 0.25) is 5.95 Å². The Labute approximate surface area is 243 Å². The van der Waals surface area contributed by atoms with Crippen LogP contribution in [-0.2, 0) is 9.53 Å². The molecule has 2 aromatic heterocycles. The van der Waals surface area contributed by atoms with Gasteiger partial charge in [-0.25, -0.2) is 19.7 Å². The number of anilines is 1. The highest BCUT2D eigenvalue weighted by Crippen LogP contribution is 2.44. The smallest absolute Gasteiger partial charge is 0.337 e. The van der Waals surface area contributed by atoms with Crippen molar-refractivity contribution in [2.75, 3.05) is 37.6 Å². The van der Waals surface area contributed by atoms with Crippen molar-refractivity contribution < 1.29 is 14.6 Å². The van der Waals surface area contributed by atoms with E-state index >= 15 is 0 Å². The lowest BCUT2D eigenvalue weighted by molar-refractivity contribution is -0.160. The molecule has 0 saturated carbocycles. The molecule has 0 amide bonds.